The van der Waals surface area contributed by atoms with Gasteiger partial charge in [-0.25, -0.2) is 4.98 Å². The smallest absolute Gasteiger partial charge is 0.135 e. The minimum Gasteiger partial charge on any atom is -0.509 e. The second-order valence-electron chi connectivity index (χ2n) is 19.8. The maximum absolute atomic E-state index is 6.79. The fraction of sp³-hybridized carbons (Fsp3) is 0.129. The number of hydrogen-bond donors (Lipinski definition) is 0. The van der Waals surface area contributed by atoms with E-state index in [-0.39, 0.29) is 31.9 Å². The molecule has 0 atom stereocenters. The number of anilines is 4. The molecule has 0 bridgehead atoms. The Bertz CT molecular complexity index is 3670. The summed E-state index contributed by atoms with van der Waals surface area (Å²) < 4.78 is 11.6. The van der Waals surface area contributed by atoms with Crippen molar-refractivity contribution in [2.24, 2.45) is 0 Å². The molecule has 11 aromatic rings. The van der Waals surface area contributed by atoms with Crippen molar-refractivity contribution in [1.29, 1.82) is 0 Å². The van der Waals surface area contributed by atoms with Crippen LogP contribution in [0.5, 0.6) is 11.5 Å². The number of para-hydroxylation sites is 2. The van der Waals surface area contributed by atoms with Gasteiger partial charge in [0.15, 0.2) is 0 Å². The van der Waals surface area contributed by atoms with Gasteiger partial charge in [0.1, 0.15) is 5.82 Å². The molecule has 0 amide bonds. The van der Waals surface area contributed by atoms with Crippen LogP contribution in [-0.2, 0) is 31.9 Å². The van der Waals surface area contributed by atoms with Crippen molar-refractivity contribution in [1.82, 2.24) is 9.55 Å². The molecule has 4 heterocycles. The molecule has 1 aliphatic heterocycles. The molecule has 3 aromatic heterocycles. The van der Waals surface area contributed by atoms with Crippen LogP contribution in [0.4, 0.5) is 22.7 Å². The standard InChI is InChI=1S/C62H49N4OS.Pt/c1-61(2,3)42-32-33-63-57(36-42)66-54-31-30-48-47-24-13-16-27-56(47)68-60(48)58(54)49-29-28-46(38-55(49)66)67-45-23-17-22-44(37-45)64-39-65(53-26-15-14-25-52(53)64)59-50(40-18-9-7-10-19-40)34-43(62(4,5)6)35-51(59)41-20-11-8-12-21-41;/h7-36,39H,1-6H3;/q-3;. The molecule has 7 heteroatoms. The molecule has 0 saturated heterocycles. The molecule has 5 nitrogen and oxygen atoms in total. The Morgan fingerprint density at radius 1 is 0.551 bits per heavy atom. The molecule has 0 radical (unpaired) electrons. The number of rotatable bonds is 7. The first-order valence-electron chi connectivity index (χ1n) is 23.3. The Kier molecular flexibility index (Phi) is 11.1. The van der Waals surface area contributed by atoms with Gasteiger partial charge in [-0.15, -0.1) is 59.4 Å². The Morgan fingerprint density at radius 3 is 1.87 bits per heavy atom. The SMILES string of the molecule is CC(C)(C)c1ccnc(-n2c3[c-]c(Oc4[c-]c(N5[CH-]N(c6c(-c7ccccc7)cc(C(C)(C)C)cc6-c6ccccc6)c6ccccc65)ccc4)ccc3c3c4sc5ccccc5c4ccc32)c1.[Pt]. The second kappa shape index (κ2) is 17.2. The number of ether oxygens (including phenoxy) is 1. The first kappa shape index (κ1) is 44.5. The zero-order valence-electron chi connectivity index (χ0n) is 39.3. The second-order valence-corrected chi connectivity index (χ2v) is 20.8. The molecule has 8 aromatic carbocycles. The molecule has 342 valence electrons. The minimum absolute atomic E-state index is 0. The number of fused-ring (bicyclic) bond motifs is 8. The van der Waals surface area contributed by atoms with Gasteiger partial charge in [0.2, 0.25) is 0 Å². The zero-order valence-corrected chi connectivity index (χ0v) is 42.4. The van der Waals surface area contributed by atoms with E-state index in [0.717, 1.165) is 56.1 Å². The summed E-state index contributed by atoms with van der Waals surface area (Å²) in [5, 5.41) is 4.84. The van der Waals surface area contributed by atoms with E-state index in [1.165, 1.54) is 47.8 Å². The van der Waals surface area contributed by atoms with Gasteiger partial charge in [-0.2, -0.15) is 12.1 Å². The van der Waals surface area contributed by atoms with E-state index < -0.39 is 0 Å². The molecular weight excluding hydrogens is 1040 g/mol. The maximum atomic E-state index is 6.79. The Labute approximate surface area is 422 Å². The Balaban J connectivity index is 0.00000520. The fourth-order valence-corrected chi connectivity index (χ4v) is 11.0. The third kappa shape index (κ3) is 7.80. The third-order valence-corrected chi connectivity index (χ3v) is 14.5. The molecule has 0 unspecified atom stereocenters. The number of pyridine rings is 1. The summed E-state index contributed by atoms with van der Waals surface area (Å²) in [4.78, 5) is 9.55. The normalized spacial score (nSPS) is 12.8. The van der Waals surface area contributed by atoms with Crippen molar-refractivity contribution < 1.29 is 25.8 Å². The summed E-state index contributed by atoms with van der Waals surface area (Å²) >= 11 is 1.84. The Hall–Kier alpha value is -6.98. The predicted molar refractivity (Wildman–Crippen MR) is 285 cm³/mol. The Morgan fingerprint density at radius 2 is 1.17 bits per heavy atom. The van der Waals surface area contributed by atoms with E-state index in [2.05, 4.69) is 232 Å². The molecular formula is C62H49N4OPtS-3. The van der Waals surface area contributed by atoms with Gasteiger partial charge in [0.25, 0.3) is 0 Å². The molecule has 0 fully saturated rings. The summed E-state index contributed by atoms with van der Waals surface area (Å²) in [5.41, 5.74) is 13.1. The number of thiophene rings is 1. The van der Waals surface area contributed by atoms with Crippen LogP contribution in [0.1, 0.15) is 52.7 Å². The predicted octanol–water partition coefficient (Wildman–Crippen LogP) is 17.3. The minimum atomic E-state index is -0.0713. The van der Waals surface area contributed by atoms with Crippen LogP contribution in [0.3, 0.4) is 0 Å². The first-order chi connectivity index (χ1) is 33.0. The van der Waals surface area contributed by atoms with E-state index in [1.807, 2.05) is 35.7 Å². The van der Waals surface area contributed by atoms with Crippen molar-refractivity contribution >= 4 is 76.1 Å². The third-order valence-electron chi connectivity index (χ3n) is 13.2. The molecule has 1 aliphatic rings. The van der Waals surface area contributed by atoms with Crippen LogP contribution in [0.15, 0.2) is 182 Å². The summed E-state index contributed by atoms with van der Waals surface area (Å²) in [6, 6.07) is 70.1. The maximum Gasteiger partial charge on any atom is 0.135 e. The summed E-state index contributed by atoms with van der Waals surface area (Å²) in [6.07, 6.45) is 1.92. The van der Waals surface area contributed by atoms with E-state index in [9.17, 15) is 0 Å². The van der Waals surface area contributed by atoms with Gasteiger partial charge in [0, 0.05) is 92.6 Å². The van der Waals surface area contributed by atoms with Crippen LogP contribution < -0.4 is 14.5 Å². The molecule has 0 saturated carbocycles. The van der Waals surface area contributed by atoms with Crippen LogP contribution in [0.25, 0.3) is 70.0 Å². The fourth-order valence-electron chi connectivity index (χ4n) is 9.73. The van der Waals surface area contributed by atoms with Gasteiger partial charge in [-0.05, 0) is 87.0 Å². The van der Waals surface area contributed by atoms with Gasteiger partial charge in [-0.1, -0.05) is 144 Å². The molecule has 0 aliphatic carbocycles. The number of hydrogen-bond acceptors (Lipinski definition) is 5. The van der Waals surface area contributed by atoms with E-state index >= 15 is 0 Å². The van der Waals surface area contributed by atoms with E-state index in [1.54, 1.807) is 0 Å². The summed E-state index contributed by atoms with van der Waals surface area (Å²) in [7, 11) is 0. The molecule has 0 N–H and O–H groups in total. The number of aromatic nitrogens is 2. The van der Waals surface area contributed by atoms with Crippen molar-refractivity contribution in [2.45, 2.75) is 52.4 Å². The summed E-state index contributed by atoms with van der Waals surface area (Å²) in [6.45, 7) is 15.8. The molecule has 0 spiro atoms. The van der Waals surface area contributed by atoms with Crippen LogP contribution in [0.2, 0.25) is 0 Å². The van der Waals surface area contributed by atoms with Crippen LogP contribution in [0, 0.1) is 18.8 Å². The van der Waals surface area contributed by atoms with Gasteiger partial charge in [0.05, 0.1) is 0 Å². The average molecular weight is 1090 g/mol. The average Bonchev–Trinajstić information content (AvgIpc) is 4.03. The molecule has 12 rings (SSSR count). The summed E-state index contributed by atoms with van der Waals surface area (Å²) in [5.74, 6) is 2.04. The van der Waals surface area contributed by atoms with Crippen LogP contribution >= 0.6 is 11.3 Å². The zero-order chi connectivity index (χ0) is 46.3. The molecule has 69 heavy (non-hydrogen) atoms. The van der Waals surface area contributed by atoms with Gasteiger partial charge >= 0.3 is 0 Å². The van der Waals surface area contributed by atoms with Crippen molar-refractivity contribution in [3.8, 4) is 39.6 Å². The van der Waals surface area contributed by atoms with E-state index in [0.29, 0.717) is 11.5 Å². The van der Waals surface area contributed by atoms with E-state index in [4.69, 9.17) is 9.72 Å². The number of benzene rings is 8. The van der Waals surface area contributed by atoms with Crippen molar-refractivity contribution in [3.63, 3.8) is 0 Å². The monoisotopic (exact) mass is 1090 g/mol. The largest absolute Gasteiger partial charge is 0.509 e. The topological polar surface area (TPSA) is 33.5 Å². The van der Waals surface area contributed by atoms with Gasteiger partial charge in [-0.3, -0.25) is 0 Å². The number of nitrogens with zero attached hydrogens (tertiary/aromatic N) is 4. The quantitative estimate of drug-likeness (QED) is 0.149. The van der Waals surface area contributed by atoms with Gasteiger partial charge < -0.3 is 19.1 Å². The van der Waals surface area contributed by atoms with Crippen molar-refractivity contribution in [2.75, 3.05) is 9.80 Å². The van der Waals surface area contributed by atoms with Crippen LogP contribution in [-0.4, -0.2) is 9.55 Å². The first-order valence-corrected chi connectivity index (χ1v) is 24.1. The van der Waals surface area contributed by atoms with Crippen molar-refractivity contribution in [3.05, 3.63) is 212 Å².